The monoisotopic (exact) mass is 292 g/mol. The van der Waals surface area contributed by atoms with Gasteiger partial charge in [0, 0.05) is 13.1 Å². The second-order valence-corrected chi connectivity index (χ2v) is 7.13. The number of nitrogens with one attached hydrogen (secondary N) is 1. The third-order valence-electron chi connectivity index (χ3n) is 2.21. The highest BCUT2D eigenvalue weighted by Crippen LogP contribution is 2.25. The molecule has 0 amide bonds. The smallest absolute Gasteiger partial charge is 0.346 e. The second-order valence-electron chi connectivity index (χ2n) is 4.08. The van der Waals surface area contributed by atoms with E-state index in [4.69, 9.17) is 5.11 Å². The third-order valence-corrected chi connectivity index (χ3v) is 5.37. The van der Waals surface area contributed by atoms with Crippen LogP contribution in [-0.2, 0) is 10.0 Å². The van der Waals surface area contributed by atoms with E-state index in [0.717, 1.165) is 11.3 Å². The molecule has 0 aliphatic rings. The molecule has 0 aliphatic heterocycles. The van der Waals surface area contributed by atoms with Gasteiger partial charge in [0.15, 0.2) is 0 Å². The number of nitrogens with zero attached hydrogens (tertiary/aromatic N) is 1. The van der Waals surface area contributed by atoms with Crippen LogP contribution in [0.15, 0.2) is 10.3 Å². The predicted molar refractivity (Wildman–Crippen MR) is 69.8 cm³/mol. The van der Waals surface area contributed by atoms with Crippen LogP contribution < -0.4 is 4.72 Å². The molecule has 6 nitrogen and oxygen atoms in total. The van der Waals surface area contributed by atoms with Gasteiger partial charge >= 0.3 is 5.97 Å². The van der Waals surface area contributed by atoms with Gasteiger partial charge in [-0.15, -0.1) is 11.3 Å². The average molecular weight is 292 g/mol. The maximum atomic E-state index is 11.9. The molecule has 18 heavy (non-hydrogen) atoms. The van der Waals surface area contributed by atoms with Crippen LogP contribution in [0.1, 0.15) is 15.2 Å². The largest absolute Gasteiger partial charge is 0.477 e. The fourth-order valence-electron chi connectivity index (χ4n) is 1.27. The first kappa shape index (κ1) is 15.1. The highest BCUT2D eigenvalue weighted by Gasteiger charge is 2.21. The summed E-state index contributed by atoms with van der Waals surface area (Å²) in [5, 5.41) is 8.88. The molecule has 1 aromatic rings. The molecule has 1 aromatic heterocycles. The Hall–Kier alpha value is -0.960. The van der Waals surface area contributed by atoms with Gasteiger partial charge in [-0.1, -0.05) is 0 Å². The van der Waals surface area contributed by atoms with Crippen molar-refractivity contribution in [1.82, 2.24) is 9.62 Å². The summed E-state index contributed by atoms with van der Waals surface area (Å²) in [6.07, 6.45) is 0. The van der Waals surface area contributed by atoms with E-state index in [1.54, 1.807) is 6.92 Å². The summed E-state index contributed by atoms with van der Waals surface area (Å²) in [6, 6.07) is 1.38. The van der Waals surface area contributed by atoms with E-state index in [1.165, 1.54) is 6.07 Å². The Morgan fingerprint density at radius 2 is 2.11 bits per heavy atom. The van der Waals surface area contributed by atoms with Crippen LogP contribution in [0.2, 0.25) is 0 Å². The number of aryl methyl sites for hydroxylation is 1. The molecule has 2 N–H and O–H groups in total. The Kier molecular flexibility index (Phi) is 4.85. The van der Waals surface area contributed by atoms with Gasteiger partial charge in [0.05, 0.1) is 0 Å². The Balaban J connectivity index is 2.85. The molecule has 0 aromatic carbocycles. The van der Waals surface area contributed by atoms with Gasteiger partial charge in [0.2, 0.25) is 10.0 Å². The normalized spacial score (nSPS) is 12.0. The fraction of sp³-hybridized carbons (Fsp3) is 0.500. The Bertz CT molecular complexity index is 534. The summed E-state index contributed by atoms with van der Waals surface area (Å²) in [7, 11) is 0.0662. The molecular weight excluding hydrogens is 276 g/mol. The Labute approximate surface area is 110 Å². The van der Waals surface area contributed by atoms with Crippen LogP contribution in [0.5, 0.6) is 0 Å². The number of hydrogen-bond acceptors (Lipinski definition) is 5. The van der Waals surface area contributed by atoms with Crippen LogP contribution in [0.25, 0.3) is 0 Å². The Morgan fingerprint density at radius 3 is 2.56 bits per heavy atom. The van der Waals surface area contributed by atoms with Crippen molar-refractivity contribution in [2.75, 3.05) is 27.2 Å². The number of thiophene rings is 1. The van der Waals surface area contributed by atoms with Crippen LogP contribution in [0.4, 0.5) is 0 Å². The minimum atomic E-state index is -3.61. The molecule has 102 valence electrons. The summed E-state index contributed by atoms with van der Waals surface area (Å²) in [5.41, 5.74) is 0.459. The number of carbonyl (C=O) groups is 1. The van der Waals surface area contributed by atoms with E-state index < -0.39 is 16.0 Å². The molecule has 0 spiro atoms. The molecule has 0 aliphatic carbocycles. The minimum Gasteiger partial charge on any atom is -0.477 e. The zero-order valence-electron chi connectivity index (χ0n) is 10.4. The second kappa shape index (κ2) is 5.79. The van der Waals surface area contributed by atoms with Crippen molar-refractivity contribution in [2.24, 2.45) is 0 Å². The van der Waals surface area contributed by atoms with Gasteiger partial charge in [0.1, 0.15) is 9.09 Å². The molecule has 0 atom stereocenters. The van der Waals surface area contributed by atoms with Crippen molar-refractivity contribution in [2.45, 2.75) is 11.1 Å². The highest BCUT2D eigenvalue weighted by atomic mass is 32.2. The van der Waals surface area contributed by atoms with Crippen molar-refractivity contribution < 1.29 is 18.3 Å². The summed E-state index contributed by atoms with van der Waals surface area (Å²) >= 11 is 0.770. The zero-order valence-corrected chi connectivity index (χ0v) is 12.1. The molecule has 0 saturated heterocycles. The summed E-state index contributed by atoms with van der Waals surface area (Å²) in [4.78, 5) is 12.8. The van der Waals surface area contributed by atoms with Gasteiger partial charge in [-0.3, -0.25) is 0 Å². The number of hydrogen-bond donors (Lipinski definition) is 2. The molecule has 0 fully saturated rings. The van der Waals surface area contributed by atoms with Gasteiger partial charge in [-0.25, -0.2) is 17.9 Å². The average Bonchev–Trinajstić information content (AvgIpc) is 2.60. The first-order chi connectivity index (χ1) is 8.24. The van der Waals surface area contributed by atoms with E-state index in [2.05, 4.69) is 4.72 Å². The molecular formula is C10H16N2O4S2. The number of carboxylic acids is 1. The van der Waals surface area contributed by atoms with Crippen LogP contribution in [0, 0.1) is 6.92 Å². The van der Waals surface area contributed by atoms with Crippen LogP contribution >= 0.6 is 11.3 Å². The van der Waals surface area contributed by atoms with Crippen LogP contribution in [0.3, 0.4) is 0 Å². The van der Waals surface area contributed by atoms with Gasteiger partial charge in [-0.05, 0) is 32.6 Å². The zero-order chi connectivity index (χ0) is 13.9. The topological polar surface area (TPSA) is 86.7 Å². The fourth-order valence-corrected chi connectivity index (χ4v) is 3.72. The lowest BCUT2D eigenvalue weighted by Crippen LogP contribution is -2.30. The number of sulfonamides is 1. The summed E-state index contributed by atoms with van der Waals surface area (Å²) in [6.45, 7) is 2.45. The molecule has 0 saturated carbocycles. The number of aromatic carboxylic acids is 1. The third kappa shape index (κ3) is 3.77. The standard InChI is InChI=1S/C10H16N2O4S2/c1-7-6-8(17-9(7)10(13)14)18(15,16)11-4-5-12(2)3/h6,11H,4-5H2,1-3H3,(H,13,14). The highest BCUT2D eigenvalue weighted by molar-refractivity contribution is 7.91. The van der Waals surface area contributed by atoms with E-state index >= 15 is 0 Å². The lowest BCUT2D eigenvalue weighted by Gasteiger charge is -2.09. The van der Waals surface area contributed by atoms with Crippen molar-refractivity contribution in [3.8, 4) is 0 Å². The summed E-state index contributed by atoms with van der Waals surface area (Å²) in [5.74, 6) is -1.10. The van der Waals surface area contributed by atoms with Crippen molar-refractivity contribution in [1.29, 1.82) is 0 Å². The van der Waals surface area contributed by atoms with Crippen molar-refractivity contribution in [3.63, 3.8) is 0 Å². The van der Waals surface area contributed by atoms with E-state index in [9.17, 15) is 13.2 Å². The molecule has 1 rings (SSSR count). The van der Waals surface area contributed by atoms with Crippen LogP contribution in [-0.4, -0.2) is 51.6 Å². The van der Waals surface area contributed by atoms with Crippen molar-refractivity contribution in [3.05, 3.63) is 16.5 Å². The first-order valence-electron chi connectivity index (χ1n) is 5.22. The molecule has 1 heterocycles. The molecule has 0 radical (unpaired) electrons. The lowest BCUT2D eigenvalue weighted by molar-refractivity contribution is 0.0701. The predicted octanol–water partition coefficient (Wildman–Crippen LogP) is 0.595. The van der Waals surface area contributed by atoms with Crippen molar-refractivity contribution >= 4 is 27.3 Å². The molecule has 0 bridgehead atoms. The van der Waals surface area contributed by atoms with Gasteiger partial charge < -0.3 is 10.0 Å². The quantitative estimate of drug-likeness (QED) is 0.801. The van der Waals surface area contributed by atoms with E-state index in [0.29, 0.717) is 12.1 Å². The molecule has 0 unspecified atom stereocenters. The number of likely N-dealkylation sites (N-methyl/N-ethyl adjacent to an activating group) is 1. The van der Waals surface area contributed by atoms with E-state index in [1.807, 2.05) is 19.0 Å². The van der Waals surface area contributed by atoms with E-state index in [-0.39, 0.29) is 15.6 Å². The van der Waals surface area contributed by atoms with Gasteiger partial charge in [0.25, 0.3) is 0 Å². The lowest BCUT2D eigenvalue weighted by atomic mass is 10.3. The summed E-state index contributed by atoms with van der Waals surface area (Å²) < 4.78 is 26.3. The Morgan fingerprint density at radius 1 is 1.50 bits per heavy atom. The maximum Gasteiger partial charge on any atom is 0.346 e. The number of rotatable bonds is 6. The minimum absolute atomic E-state index is 0.0381. The maximum absolute atomic E-state index is 11.9. The molecule has 8 heteroatoms. The first-order valence-corrected chi connectivity index (χ1v) is 7.52. The SMILES string of the molecule is Cc1cc(S(=O)(=O)NCCN(C)C)sc1C(=O)O. The van der Waals surface area contributed by atoms with Gasteiger partial charge in [-0.2, -0.15) is 0 Å². The number of carboxylic acid groups (broad SMARTS) is 1.